The lowest BCUT2D eigenvalue weighted by Gasteiger charge is -2.25. The Labute approximate surface area is 86.8 Å². The number of hydrogen-bond donors (Lipinski definition) is 1. The highest BCUT2D eigenvalue weighted by molar-refractivity contribution is 5.25. The van der Waals surface area contributed by atoms with Crippen LogP contribution in [0.4, 0.5) is 0 Å². The summed E-state index contributed by atoms with van der Waals surface area (Å²) in [6, 6.07) is 0.498. The highest BCUT2D eigenvalue weighted by Gasteiger charge is 2.36. The fourth-order valence-electron chi connectivity index (χ4n) is 3.80. The lowest BCUT2D eigenvalue weighted by Crippen LogP contribution is -2.24. The molecular formula is C13H21N. The zero-order chi connectivity index (χ0) is 9.54. The zero-order valence-corrected chi connectivity index (χ0v) is 8.97. The predicted octanol–water partition coefficient (Wildman–Crippen LogP) is 3.00. The van der Waals surface area contributed by atoms with E-state index < -0.39 is 0 Å². The number of rotatable bonds is 0. The Morgan fingerprint density at radius 1 is 1.00 bits per heavy atom. The minimum atomic E-state index is 0.498. The topological polar surface area (TPSA) is 26.0 Å². The Kier molecular flexibility index (Phi) is 2.16. The van der Waals surface area contributed by atoms with Crippen LogP contribution in [0.25, 0.3) is 0 Å². The molecule has 0 aromatic rings. The maximum atomic E-state index is 5.95. The molecule has 14 heavy (non-hydrogen) atoms. The number of nitrogens with two attached hydrogens (primary N) is 1. The van der Waals surface area contributed by atoms with Gasteiger partial charge in [-0.3, -0.25) is 0 Å². The number of allylic oxidation sites excluding steroid dienone is 2. The van der Waals surface area contributed by atoms with Gasteiger partial charge in [-0.05, 0) is 63.2 Å². The summed E-state index contributed by atoms with van der Waals surface area (Å²) in [6.45, 7) is 0. The van der Waals surface area contributed by atoms with E-state index in [4.69, 9.17) is 5.73 Å². The summed E-state index contributed by atoms with van der Waals surface area (Å²) < 4.78 is 0. The van der Waals surface area contributed by atoms with E-state index in [9.17, 15) is 0 Å². The molecule has 3 saturated carbocycles. The Bertz CT molecular complexity index is 256. The molecule has 0 spiro atoms. The first-order chi connectivity index (χ1) is 6.83. The summed E-state index contributed by atoms with van der Waals surface area (Å²) in [6.07, 6.45) is 11.1. The summed E-state index contributed by atoms with van der Waals surface area (Å²) in [5, 5.41) is 0. The summed E-state index contributed by atoms with van der Waals surface area (Å²) in [5.41, 5.74) is 9.65. The highest BCUT2D eigenvalue weighted by atomic mass is 14.6. The van der Waals surface area contributed by atoms with Crippen molar-refractivity contribution in [3.8, 4) is 0 Å². The van der Waals surface area contributed by atoms with Gasteiger partial charge in [0.25, 0.3) is 0 Å². The van der Waals surface area contributed by atoms with Gasteiger partial charge >= 0.3 is 0 Å². The van der Waals surface area contributed by atoms with Gasteiger partial charge in [0, 0.05) is 6.04 Å². The molecule has 2 N–H and O–H groups in total. The molecule has 0 aromatic carbocycles. The van der Waals surface area contributed by atoms with Crippen LogP contribution in [0.1, 0.15) is 51.4 Å². The van der Waals surface area contributed by atoms with Crippen LogP contribution in [0.2, 0.25) is 0 Å². The van der Waals surface area contributed by atoms with Crippen molar-refractivity contribution >= 4 is 0 Å². The Morgan fingerprint density at radius 2 is 1.79 bits per heavy atom. The van der Waals surface area contributed by atoms with E-state index in [0.717, 1.165) is 11.8 Å². The molecule has 3 aliphatic carbocycles. The van der Waals surface area contributed by atoms with Crippen molar-refractivity contribution in [3.05, 3.63) is 11.1 Å². The third-order valence-corrected chi connectivity index (χ3v) is 4.63. The summed E-state index contributed by atoms with van der Waals surface area (Å²) in [7, 11) is 0. The van der Waals surface area contributed by atoms with Gasteiger partial charge in [-0.25, -0.2) is 0 Å². The quantitative estimate of drug-likeness (QED) is 0.585. The van der Waals surface area contributed by atoms with Crippen LogP contribution < -0.4 is 5.73 Å². The van der Waals surface area contributed by atoms with Gasteiger partial charge in [-0.15, -0.1) is 0 Å². The largest absolute Gasteiger partial charge is 0.328 e. The normalized spacial score (nSPS) is 42.2. The van der Waals surface area contributed by atoms with Gasteiger partial charge in [-0.2, -0.15) is 0 Å². The fourth-order valence-corrected chi connectivity index (χ4v) is 3.80. The van der Waals surface area contributed by atoms with Crippen LogP contribution in [-0.2, 0) is 0 Å². The Morgan fingerprint density at radius 3 is 2.36 bits per heavy atom. The van der Waals surface area contributed by atoms with Crippen LogP contribution in [0.5, 0.6) is 0 Å². The fraction of sp³-hybridized carbons (Fsp3) is 0.846. The van der Waals surface area contributed by atoms with Crippen molar-refractivity contribution in [2.45, 2.75) is 57.4 Å². The molecule has 3 rings (SSSR count). The molecule has 0 heterocycles. The van der Waals surface area contributed by atoms with Crippen LogP contribution in [0.3, 0.4) is 0 Å². The standard InChI is InChI=1S/C13H21N/c14-12-5-3-10(4-6-12)13-8-9-1-2-11(13)7-9/h9,11-12H,1-8,14H2. The van der Waals surface area contributed by atoms with E-state index in [2.05, 4.69) is 0 Å². The SMILES string of the molecule is NC1CCC(=C2CC3CCC2C3)CC1. The second-order valence-corrected chi connectivity index (χ2v) is 5.55. The van der Waals surface area contributed by atoms with Crippen LogP contribution in [0, 0.1) is 11.8 Å². The van der Waals surface area contributed by atoms with Crippen molar-refractivity contribution < 1.29 is 0 Å². The minimum absolute atomic E-state index is 0.498. The van der Waals surface area contributed by atoms with Gasteiger partial charge in [0.05, 0.1) is 0 Å². The van der Waals surface area contributed by atoms with Crippen LogP contribution >= 0.6 is 0 Å². The van der Waals surface area contributed by atoms with Crippen molar-refractivity contribution in [1.82, 2.24) is 0 Å². The number of fused-ring (bicyclic) bond motifs is 2. The smallest absolute Gasteiger partial charge is 0.00449 e. The molecule has 2 unspecified atom stereocenters. The molecule has 0 amide bonds. The molecule has 0 aliphatic heterocycles. The summed E-state index contributed by atoms with van der Waals surface area (Å²) in [5.74, 6) is 2.07. The van der Waals surface area contributed by atoms with E-state index in [0.29, 0.717) is 6.04 Å². The van der Waals surface area contributed by atoms with E-state index in [1.165, 1.54) is 51.4 Å². The molecule has 1 heteroatoms. The Balaban J connectivity index is 1.77. The van der Waals surface area contributed by atoms with E-state index in [1.54, 1.807) is 0 Å². The monoisotopic (exact) mass is 191 g/mol. The second kappa shape index (κ2) is 3.37. The van der Waals surface area contributed by atoms with Crippen LogP contribution in [0.15, 0.2) is 11.1 Å². The molecule has 3 aliphatic rings. The predicted molar refractivity (Wildman–Crippen MR) is 58.9 cm³/mol. The zero-order valence-electron chi connectivity index (χ0n) is 8.97. The molecule has 3 fully saturated rings. The van der Waals surface area contributed by atoms with E-state index >= 15 is 0 Å². The van der Waals surface area contributed by atoms with Gasteiger partial charge in [0.1, 0.15) is 0 Å². The first kappa shape index (κ1) is 8.96. The third-order valence-electron chi connectivity index (χ3n) is 4.63. The van der Waals surface area contributed by atoms with Gasteiger partial charge in [0.2, 0.25) is 0 Å². The van der Waals surface area contributed by atoms with Crippen molar-refractivity contribution in [2.75, 3.05) is 0 Å². The van der Waals surface area contributed by atoms with Gasteiger partial charge in [0.15, 0.2) is 0 Å². The first-order valence-corrected chi connectivity index (χ1v) is 6.29. The maximum Gasteiger partial charge on any atom is 0.00449 e. The summed E-state index contributed by atoms with van der Waals surface area (Å²) >= 11 is 0. The maximum absolute atomic E-state index is 5.95. The molecule has 78 valence electrons. The molecule has 0 aromatic heterocycles. The highest BCUT2D eigenvalue weighted by Crippen LogP contribution is 2.50. The molecular weight excluding hydrogens is 170 g/mol. The molecule has 1 nitrogen and oxygen atoms in total. The molecule has 0 saturated heterocycles. The second-order valence-electron chi connectivity index (χ2n) is 5.55. The van der Waals surface area contributed by atoms with E-state index in [1.807, 2.05) is 11.1 Å². The third kappa shape index (κ3) is 1.42. The van der Waals surface area contributed by atoms with Gasteiger partial charge in [-0.1, -0.05) is 11.1 Å². The average molecular weight is 191 g/mol. The lowest BCUT2D eigenvalue weighted by atomic mass is 9.82. The number of hydrogen-bond acceptors (Lipinski definition) is 1. The minimum Gasteiger partial charge on any atom is -0.328 e. The van der Waals surface area contributed by atoms with Crippen molar-refractivity contribution in [2.24, 2.45) is 17.6 Å². The lowest BCUT2D eigenvalue weighted by molar-refractivity contribution is 0.490. The van der Waals surface area contributed by atoms with E-state index in [-0.39, 0.29) is 0 Å². The summed E-state index contributed by atoms with van der Waals surface area (Å²) in [4.78, 5) is 0. The van der Waals surface area contributed by atoms with Gasteiger partial charge < -0.3 is 5.73 Å². The molecule has 0 radical (unpaired) electrons. The van der Waals surface area contributed by atoms with Crippen molar-refractivity contribution in [3.63, 3.8) is 0 Å². The van der Waals surface area contributed by atoms with Crippen molar-refractivity contribution in [1.29, 1.82) is 0 Å². The molecule has 2 atom stereocenters. The average Bonchev–Trinajstić information content (AvgIpc) is 2.80. The first-order valence-electron chi connectivity index (χ1n) is 6.29. The Hall–Kier alpha value is -0.300. The van der Waals surface area contributed by atoms with Crippen LogP contribution in [-0.4, -0.2) is 6.04 Å². The molecule has 2 bridgehead atoms.